The van der Waals surface area contributed by atoms with Gasteiger partial charge in [-0.1, -0.05) is 43.7 Å². The van der Waals surface area contributed by atoms with Gasteiger partial charge in [0.2, 0.25) is 0 Å². The first-order chi connectivity index (χ1) is 11.1. The Bertz CT molecular complexity index is 533. The molecule has 23 heavy (non-hydrogen) atoms. The predicted molar refractivity (Wildman–Crippen MR) is 91.2 cm³/mol. The molecule has 0 aliphatic carbocycles. The molecule has 0 aromatic heterocycles. The van der Waals surface area contributed by atoms with Crippen molar-refractivity contribution in [3.05, 3.63) is 35.9 Å². The summed E-state index contributed by atoms with van der Waals surface area (Å²) < 4.78 is 5.49. The topological polar surface area (TPSA) is 32.8 Å². The van der Waals surface area contributed by atoms with Gasteiger partial charge in [-0.15, -0.1) is 0 Å². The lowest BCUT2D eigenvalue weighted by molar-refractivity contribution is 0.0613. The van der Waals surface area contributed by atoms with Gasteiger partial charge in [-0.3, -0.25) is 0 Å². The fraction of sp³-hybridized carbons (Fsp3) is 0.632. The zero-order valence-corrected chi connectivity index (χ0v) is 14.3. The zero-order chi connectivity index (χ0) is 16.3. The Morgan fingerprint density at radius 1 is 1.26 bits per heavy atom. The minimum atomic E-state index is -0.170. The Hall–Kier alpha value is -1.55. The molecule has 4 heteroatoms. The molecule has 3 rings (SSSR count). The quantitative estimate of drug-likeness (QED) is 0.855. The molecule has 126 valence electrons. The Labute approximate surface area is 139 Å². The van der Waals surface area contributed by atoms with E-state index >= 15 is 0 Å². The number of hydrogen-bond donors (Lipinski definition) is 0. The predicted octanol–water partition coefficient (Wildman–Crippen LogP) is 3.52. The van der Waals surface area contributed by atoms with E-state index in [0.717, 1.165) is 25.1 Å². The van der Waals surface area contributed by atoms with Gasteiger partial charge in [0, 0.05) is 24.5 Å². The summed E-state index contributed by atoms with van der Waals surface area (Å²) >= 11 is 0. The molecule has 0 N–H and O–H groups in total. The number of carbonyl (C=O) groups excluding carboxylic acids is 1. The number of piperidine rings is 1. The number of rotatable bonds is 3. The lowest BCUT2D eigenvalue weighted by atomic mass is 9.77. The van der Waals surface area contributed by atoms with Crippen LogP contribution in [0.1, 0.15) is 38.2 Å². The summed E-state index contributed by atoms with van der Waals surface area (Å²) in [6.07, 6.45) is 4.76. The lowest BCUT2D eigenvalue weighted by Crippen LogP contribution is -2.49. The number of benzene rings is 1. The van der Waals surface area contributed by atoms with E-state index in [1.54, 1.807) is 0 Å². The van der Waals surface area contributed by atoms with Crippen molar-refractivity contribution in [2.24, 2.45) is 5.41 Å². The maximum atomic E-state index is 12.4. The van der Waals surface area contributed by atoms with Crippen LogP contribution in [0.25, 0.3) is 0 Å². The van der Waals surface area contributed by atoms with E-state index < -0.39 is 0 Å². The van der Waals surface area contributed by atoms with E-state index in [1.165, 1.54) is 25.8 Å². The molecule has 0 saturated carbocycles. The van der Waals surface area contributed by atoms with Crippen LogP contribution in [0.5, 0.6) is 0 Å². The molecule has 0 radical (unpaired) electrons. The summed E-state index contributed by atoms with van der Waals surface area (Å²) in [7, 11) is 2.23. The van der Waals surface area contributed by atoms with Crippen LogP contribution < -0.4 is 0 Å². The maximum Gasteiger partial charge on any atom is 0.410 e. The Balaban J connectivity index is 1.55. The van der Waals surface area contributed by atoms with Crippen molar-refractivity contribution in [3.63, 3.8) is 0 Å². The zero-order valence-electron chi connectivity index (χ0n) is 14.3. The first-order valence-electron chi connectivity index (χ1n) is 8.74. The summed E-state index contributed by atoms with van der Waals surface area (Å²) in [6, 6.07) is 10.5. The highest BCUT2D eigenvalue weighted by Gasteiger charge is 2.44. The van der Waals surface area contributed by atoms with Crippen molar-refractivity contribution in [3.8, 4) is 0 Å². The molecular weight excluding hydrogens is 288 g/mol. The summed E-state index contributed by atoms with van der Waals surface area (Å²) in [6.45, 7) is 5.50. The highest BCUT2D eigenvalue weighted by Crippen LogP contribution is 2.39. The molecular formula is C19H28N2O2. The normalized spacial score (nSPS) is 28.8. The van der Waals surface area contributed by atoms with E-state index in [-0.39, 0.29) is 11.5 Å². The van der Waals surface area contributed by atoms with Crippen LogP contribution in [0.4, 0.5) is 4.79 Å². The highest BCUT2D eigenvalue weighted by molar-refractivity contribution is 5.68. The molecule has 2 atom stereocenters. The fourth-order valence-electron chi connectivity index (χ4n) is 4.18. The molecule has 0 bridgehead atoms. The molecule has 2 saturated heterocycles. The number of hydrogen-bond acceptors (Lipinski definition) is 3. The molecule has 0 spiro atoms. The third kappa shape index (κ3) is 3.69. The van der Waals surface area contributed by atoms with Crippen molar-refractivity contribution >= 4 is 6.09 Å². The van der Waals surface area contributed by atoms with Gasteiger partial charge < -0.3 is 14.5 Å². The van der Waals surface area contributed by atoms with Crippen LogP contribution in [-0.2, 0) is 11.3 Å². The Morgan fingerprint density at radius 3 is 2.78 bits per heavy atom. The molecule has 2 fully saturated rings. The van der Waals surface area contributed by atoms with Crippen molar-refractivity contribution in [2.75, 3.05) is 26.7 Å². The fourth-order valence-corrected chi connectivity index (χ4v) is 4.18. The number of amides is 1. The molecule has 4 nitrogen and oxygen atoms in total. The number of nitrogens with zero attached hydrogens (tertiary/aromatic N) is 2. The average Bonchev–Trinajstić information content (AvgIpc) is 2.97. The van der Waals surface area contributed by atoms with E-state index in [0.29, 0.717) is 12.6 Å². The van der Waals surface area contributed by atoms with Crippen LogP contribution >= 0.6 is 0 Å². The van der Waals surface area contributed by atoms with Crippen molar-refractivity contribution < 1.29 is 9.53 Å². The monoisotopic (exact) mass is 316 g/mol. The number of ether oxygens (including phenoxy) is 1. The highest BCUT2D eigenvalue weighted by atomic mass is 16.6. The third-order valence-corrected chi connectivity index (χ3v) is 5.54. The summed E-state index contributed by atoms with van der Waals surface area (Å²) in [5.41, 5.74) is 1.23. The first-order valence-corrected chi connectivity index (χ1v) is 8.74. The lowest BCUT2D eigenvalue weighted by Gasteiger charge is -2.43. The molecule has 0 unspecified atom stereocenters. The number of carbonyl (C=O) groups is 1. The van der Waals surface area contributed by atoms with Crippen LogP contribution in [0.15, 0.2) is 30.3 Å². The molecule has 1 amide bonds. The largest absolute Gasteiger partial charge is 0.445 e. The Morgan fingerprint density at radius 2 is 2.04 bits per heavy atom. The van der Waals surface area contributed by atoms with Gasteiger partial charge in [-0.05, 0) is 38.4 Å². The second-order valence-corrected chi connectivity index (χ2v) is 7.36. The number of likely N-dealkylation sites (tertiary alicyclic amines) is 2. The maximum absolute atomic E-state index is 12.4. The van der Waals surface area contributed by atoms with E-state index in [1.807, 2.05) is 35.2 Å². The van der Waals surface area contributed by atoms with Crippen molar-refractivity contribution in [2.45, 2.75) is 45.3 Å². The van der Waals surface area contributed by atoms with Crippen LogP contribution in [0, 0.1) is 5.41 Å². The smallest absolute Gasteiger partial charge is 0.410 e. The Kier molecular flexibility index (Phi) is 4.90. The van der Waals surface area contributed by atoms with Gasteiger partial charge in [0.25, 0.3) is 0 Å². The van der Waals surface area contributed by atoms with Gasteiger partial charge >= 0.3 is 6.09 Å². The van der Waals surface area contributed by atoms with Gasteiger partial charge in [0.1, 0.15) is 6.61 Å². The molecule has 1 aromatic rings. The molecule has 2 aliphatic rings. The molecule has 2 aliphatic heterocycles. The standard InChI is InChI=1S/C19H28N2O2/c1-19(17-10-6-7-12-20(17)2)11-13-21(15-19)18(22)23-14-16-8-4-3-5-9-16/h3-5,8-9,17H,6-7,10-15H2,1-2H3/t17-,19+/m0/s1. The van der Waals surface area contributed by atoms with Gasteiger partial charge in [0.15, 0.2) is 0 Å². The van der Waals surface area contributed by atoms with Crippen LogP contribution in [0.2, 0.25) is 0 Å². The second kappa shape index (κ2) is 6.91. The summed E-state index contributed by atoms with van der Waals surface area (Å²) in [5, 5.41) is 0. The minimum Gasteiger partial charge on any atom is -0.445 e. The SMILES string of the molecule is CN1CCCC[C@H]1[C@]1(C)CCN(C(=O)OCc2ccccc2)C1. The van der Waals surface area contributed by atoms with Gasteiger partial charge in [-0.25, -0.2) is 4.79 Å². The van der Waals surface area contributed by atoms with E-state index in [4.69, 9.17) is 4.74 Å². The second-order valence-electron chi connectivity index (χ2n) is 7.36. The third-order valence-electron chi connectivity index (χ3n) is 5.54. The van der Waals surface area contributed by atoms with Gasteiger partial charge in [0.05, 0.1) is 0 Å². The molecule has 2 heterocycles. The van der Waals surface area contributed by atoms with Crippen LogP contribution in [0.3, 0.4) is 0 Å². The van der Waals surface area contributed by atoms with Crippen LogP contribution in [-0.4, -0.2) is 48.6 Å². The van der Waals surface area contributed by atoms with Crippen molar-refractivity contribution in [1.82, 2.24) is 9.80 Å². The minimum absolute atomic E-state index is 0.170. The van der Waals surface area contributed by atoms with Crippen molar-refractivity contribution in [1.29, 1.82) is 0 Å². The average molecular weight is 316 g/mol. The van der Waals surface area contributed by atoms with Gasteiger partial charge in [-0.2, -0.15) is 0 Å². The summed E-state index contributed by atoms with van der Waals surface area (Å²) in [4.78, 5) is 16.7. The molecule has 1 aromatic carbocycles. The van der Waals surface area contributed by atoms with E-state index in [9.17, 15) is 4.79 Å². The first kappa shape index (κ1) is 16.3. The summed E-state index contributed by atoms with van der Waals surface area (Å²) in [5.74, 6) is 0. The van der Waals surface area contributed by atoms with E-state index in [2.05, 4.69) is 18.9 Å².